The molecule has 6 heteroatoms. The second-order valence-electron chi connectivity index (χ2n) is 7.75. The molecule has 0 atom stereocenters. The van der Waals surface area contributed by atoms with Gasteiger partial charge < -0.3 is 10.2 Å². The molecule has 1 amide bonds. The maximum absolute atomic E-state index is 13.0. The van der Waals surface area contributed by atoms with E-state index in [0.717, 1.165) is 43.3 Å². The third-order valence-corrected chi connectivity index (χ3v) is 5.78. The highest BCUT2D eigenvalue weighted by Gasteiger charge is 2.17. The minimum absolute atomic E-state index is 0.207. The number of amides is 1. The molecule has 4 nitrogen and oxygen atoms in total. The van der Waals surface area contributed by atoms with Crippen LogP contribution in [0, 0.1) is 5.82 Å². The number of rotatable bonds is 6. The average molecular weight is 438 g/mol. The van der Waals surface area contributed by atoms with Crippen LogP contribution in [0.25, 0.3) is 0 Å². The van der Waals surface area contributed by atoms with Gasteiger partial charge in [0.05, 0.1) is 0 Å². The first-order valence-corrected chi connectivity index (χ1v) is 10.8. The zero-order valence-corrected chi connectivity index (χ0v) is 18.0. The molecule has 1 N–H and O–H groups in total. The van der Waals surface area contributed by atoms with Crippen LogP contribution in [0.5, 0.6) is 0 Å². The smallest absolute Gasteiger partial charge is 0.251 e. The Balaban J connectivity index is 1.29. The highest BCUT2D eigenvalue weighted by atomic mass is 35.5. The van der Waals surface area contributed by atoms with E-state index in [1.807, 2.05) is 24.3 Å². The quantitative estimate of drug-likeness (QED) is 0.605. The molecule has 0 aliphatic carbocycles. The summed E-state index contributed by atoms with van der Waals surface area (Å²) in [5.74, 6) is -0.557. The molecule has 160 valence electrons. The number of hydrogen-bond acceptors (Lipinski definition) is 3. The van der Waals surface area contributed by atoms with Gasteiger partial charge in [-0.2, -0.15) is 0 Å². The van der Waals surface area contributed by atoms with E-state index < -0.39 is 0 Å². The molecule has 1 fully saturated rings. The lowest BCUT2D eigenvalue weighted by Gasteiger charge is -2.36. The third kappa shape index (κ3) is 5.84. The molecule has 0 spiro atoms. The van der Waals surface area contributed by atoms with Gasteiger partial charge in [0.2, 0.25) is 0 Å². The van der Waals surface area contributed by atoms with E-state index in [1.165, 1.54) is 35.5 Å². The standard InChI is InChI=1S/C25H25ClFN3O/c26-22-8-4-19(5-9-22)18-29-12-14-30(15-13-29)24-3-1-2-20(16-24)17-28-25(31)21-6-10-23(27)11-7-21/h1-11,16H,12-15,17-18H2,(H,28,31). The van der Waals surface area contributed by atoms with Crippen molar-refractivity contribution in [3.63, 3.8) is 0 Å². The minimum atomic E-state index is -0.350. The largest absolute Gasteiger partial charge is 0.369 e. The zero-order valence-electron chi connectivity index (χ0n) is 17.2. The molecule has 0 saturated carbocycles. The Kier molecular flexibility index (Phi) is 6.85. The van der Waals surface area contributed by atoms with Crippen molar-refractivity contribution >= 4 is 23.2 Å². The summed E-state index contributed by atoms with van der Waals surface area (Å²) >= 11 is 5.97. The lowest BCUT2D eigenvalue weighted by molar-refractivity contribution is 0.0951. The number of piperazine rings is 1. The number of anilines is 1. The van der Waals surface area contributed by atoms with E-state index in [0.29, 0.717) is 12.1 Å². The molecule has 3 aromatic rings. The van der Waals surface area contributed by atoms with E-state index in [4.69, 9.17) is 11.6 Å². The van der Waals surface area contributed by atoms with E-state index in [2.05, 4.69) is 39.4 Å². The lowest BCUT2D eigenvalue weighted by Crippen LogP contribution is -2.46. The average Bonchev–Trinajstić information content (AvgIpc) is 2.80. The number of hydrogen-bond donors (Lipinski definition) is 1. The fourth-order valence-electron chi connectivity index (χ4n) is 3.76. The number of nitrogens with zero attached hydrogens (tertiary/aromatic N) is 2. The molecule has 3 aromatic carbocycles. The van der Waals surface area contributed by atoms with Gasteiger partial charge in [0.1, 0.15) is 5.82 Å². The van der Waals surface area contributed by atoms with Gasteiger partial charge in [0, 0.05) is 55.5 Å². The maximum Gasteiger partial charge on any atom is 0.251 e. The Bertz CT molecular complexity index is 1020. The highest BCUT2D eigenvalue weighted by molar-refractivity contribution is 6.30. The monoisotopic (exact) mass is 437 g/mol. The van der Waals surface area contributed by atoms with Crippen LogP contribution >= 0.6 is 11.6 Å². The minimum Gasteiger partial charge on any atom is -0.369 e. The first kappa shape index (κ1) is 21.3. The second kappa shape index (κ2) is 9.94. The van der Waals surface area contributed by atoms with E-state index in [9.17, 15) is 9.18 Å². The van der Waals surface area contributed by atoms with Gasteiger partial charge in [-0.15, -0.1) is 0 Å². The normalized spacial score (nSPS) is 14.5. The number of nitrogens with one attached hydrogen (secondary N) is 1. The number of carbonyl (C=O) groups is 1. The number of carbonyl (C=O) groups excluding carboxylic acids is 1. The Morgan fingerprint density at radius 2 is 1.61 bits per heavy atom. The van der Waals surface area contributed by atoms with Crippen LogP contribution in [-0.4, -0.2) is 37.0 Å². The van der Waals surface area contributed by atoms with Gasteiger partial charge in [-0.25, -0.2) is 4.39 Å². The molecule has 0 unspecified atom stereocenters. The topological polar surface area (TPSA) is 35.6 Å². The summed E-state index contributed by atoms with van der Waals surface area (Å²) in [6, 6.07) is 21.9. The van der Waals surface area contributed by atoms with E-state index >= 15 is 0 Å². The van der Waals surface area contributed by atoms with Gasteiger partial charge >= 0.3 is 0 Å². The molecule has 1 aliphatic rings. The van der Waals surface area contributed by atoms with Gasteiger partial charge in [0.25, 0.3) is 5.91 Å². The van der Waals surface area contributed by atoms with Gasteiger partial charge in [0.15, 0.2) is 0 Å². The van der Waals surface area contributed by atoms with Crippen molar-refractivity contribution in [2.45, 2.75) is 13.1 Å². The second-order valence-corrected chi connectivity index (χ2v) is 8.19. The van der Waals surface area contributed by atoms with Gasteiger partial charge in [-0.1, -0.05) is 35.9 Å². The molecule has 0 aromatic heterocycles. The molecule has 1 heterocycles. The molecule has 1 aliphatic heterocycles. The molecular formula is C25H25ClFN3O. The fourth-order valence-corrected chi connectivity index (χ4v) is 3.89. The van der Waals surface area contributed by atoms with E-state index in [1.54, 1.807) is 0 Å². The molecule has 0 bridgehead atoms. The van der Waals surface area contributed by atoms with Crippen molar-refractivity contribution in [1.29, 1.82) is 0 Å². The zero-order chi connectivity index (χ0) is 21.6. The van der Waals surface area contributed by atoms with Gasteiger partial charge in [-0.05, 0) is 59.7 Å². The maximum atomic E-state index is 13.0. The van der Waals surface area contributed by atoms with Crippen molar-refractivity contribution < 1.29 is 9.18 Å². The van der Waals surface area contributed by atoms with E-state index in [-0.39, 0.29) is 11.7 Å². The van der Waals surface area contributed by atoms with Crippen LogP contribution in [0.4, 0.5) is 10.1 Å². The Morgan fingerprint density at radius 3 is 2.32 bits per heavy atom. The van der Waals surface area contributed by atoms with Crippen LogP contribution in [0.3, 0.4) is 0 Å². The summed E-state index contributed by atoms with van der Waals surface area (Å²) in [4.78, 5) is 17.1. The Labute approximate surface area is 187 Å². The molecule has 31 heavy (non-hydrogen) atoms. The van der Waals surface area contributed by atoms with Crippen LogP contribution in [0.15, 0.2) is 72.8 Å². The van der Waals surface area contributed by atoms with Crippen LogP contribution in [0.1, 0.15) is 21.5 Å². The summed E-state index contributed by atoms with van der Waals surface area (Å²) in [6.45, 7) is 5.27. The molecule has 4 rings (SSSR count). The molecule has 1 saturated heterocycles. The van der Waals surface area contributed by atoms with Crippen molar-refractivity contribution in [3.05, 3.63) is 100 Å². The van der Waals surface area contributed by atoms with Crippen LogP contribution in [0.2, 0.25) is 5.02 Å². The lowest BCUT2D eigenvalue weighted by atomic mass is 10.1. The van der Waals surface area contributed by atoms with Crippen molar-refractivity contribution in [1.82, 2.24) is 10.2 Å². The fraction of sp³-hybridized carbons (Fsp3) is 0.240. The predicted molar refractivity (Wildman–Crippen MR) is 123 cm³/mol. The summed E-state index contributed by atoms with van der Waals surface area (Å²) < 4.78 is 13.0. The molecular weight excluding hydrogens is 413 g/mol. The Hall–Kier alpha value is -2.89. The van der Waals surface area contributed by atoms with Crippen LogP contribution < -0.4 is 10.2 Å². The summed E-state index contributed by atoms with van der Waals surface area (Å²) in [6.07, 6.45) is 0. The van der Waals surface area contributed by atoms with Crippen molar-refractivity contribution in [3.8, 4) is 0 Å². The summed E-state index contributed by atoms with van der Waals surface area (Å²) in [7, 11) is 0. The Morgan fingerprint density at radius 1 is 0.903 bits per heavy atom. The van der Waals surface area contributed by atoms with Crippen molar-refractivity contribution in [2.75, 3.05) is 31.1 Å². The van der Waals surface area contributed by atoms with Crippen LogP contribution in [-0.2, 0) is 13.1 Å². The molecule has 0 radical (unpaired) electrons. The van der Waals surface area contributed by atoms with Gasteiger partial charge in [-0.3, -0.25) is 9.69 Å². The number of halogens is 2. The first-order chi connectivity index (χ1) is 15.1. The highest BCUT2D eigenvalue weighted by Crippen LogP contribution is 2.20. The SMILES string of the molecule is O=C(NCc1cccc(N2CCN(Cc3ccc(Cl)cc3)CC2)c1)c1ccc(F)cc1. The summed E-state index contributed by atoms with van der Waals surface area (Å²) in [5, 5.41) is 3.67. The third-order valence-electron chi connectivity index (χ3n) is 5.53. The summed E-state index contributed by atoms with van der Waals surface area (Å²) in [5.41, 5.74) is 3.93. The van der Waals surface area contributed by atoms with Crippen molar-refractivity contribution in [2.24, 2.45) is 0 Å². The first-order valence-electron chi connectivity index (χ1n) is 10.4. The predicted octanol–water partition coefficient (Wildman–Crippen LogP) is 4.73. The number of benzene rings is 3.